The van der Waals surface area contributed by atoms with Crippen LogP contribution in [0.25, 0.3) is 0 Å². The van der Waals surface area contributed by atoms with Gasteiger partial charge in [0, 0.05) is 6.04 Å². The number of carbonyl (C=O) groups is 1. The van der Waals surface area contributed by atoms with Crippen molar-refractivity contribution < 1.29 is 13.9 Å². The number of nitrogens with one attached hydrogen (secondary N) is 1. The molecular weight excluding hydrogens is 161 g/mol. The van der Waals surface area contributed by atoms with Crippen molar-refractivity contribution in [1.82, 2.24) is 5.32 Å². The molecule has 1 saturated carbocycles. The van der Waals surface area contributed by atoms with Crippen LogP contribution in [0.1, 0.15) is 26.2 Å². The monoisotopic (exact) mass is 175 g/mol. The Hall–Kier alpha value is -0.800. The van der Waals surface area contributed by atoms with E-state index in [0.29, 0.717) is 0 Å². The van der Waals surface area contributed by atoms with Gasteiger partial charge in [-0.2, -0.15) is 0 Å². The van der Waals surface area contributed by atoms with Crippen LogP contribution in [0, 0.1) is 5.92 Å². The van der Waals surface area contributed by atoms with Crippen molar-refractivity contribution in [3.05, 3.63) is 0 Å². The molecule has 1 fully saturated rings. The second kappa shape index (κ2) is 4.28. The molecule has 70 valence electrons. The summed E-state index contributed by atoms with van der Waals surface area (Å²) in [5, 5.41) is 2.55. The highest BCUT2D eigenvalue weighted by atomic mass is 19.1. The van der Waals surface area contributed by atoms with Crippen molar-refractivity contribution in [3.8, 4) is 0 Å². The molecule has 0 saturated heterocycles. The molecule has 3 nitrogen and oxygen atoms in total. The van der Waals surface area contributed by atoms with E-state index >= 15 is 0 Å². The fraction of sp³-hybridized carbons (Fsp3) is 0.875. The Morgan fingerprint density at radius 1 is 1.75 bits per heavy atom. The number of alkyl carbamates (subject to hydrolysis) is 1. The highest BCUT2D eigenvalue weighted by Gasteiger charge is 2.24. The molecule has 0 aliphatic heterocycles. The maximum atomic E-state index is 11.5. The van der Waals surface area contributed by atoms with E-state index in [-0.39, 0.29) is 6.04 Å². The first-order chi connectivity index (χ1) is 5.72. The van der Waals surface area contributed by atoms with Gasteiger partial charge >= 0.3 is 6.09 Å². The van der Waals surface area contributed by atoms with Crippen LogP contribution in [0.5, 0.6) is 0 Å². The molecule has 0 spiro atoms. The van der Waals surface area contributed by atoms with Crippen LogP contribution in [0.3, 0.4) is 0 Å². The van der Waals surface area contributed by atoms with Crippen LogP contribution in [0.15, 0.2) is 0 Å². The Morgan fingerprint density at radius 2 is 2.42 bits per heavy atom. The topological polar surface area (TPSA) is 38.3 Å². The van der Waals surface area contributed by atoms with Crippen LogP contribution in [-0.4, -0.2) is 19.0 Å². The number of alkyl halides is 1. The Balaban J connectivity index is 2.06. The van der Waals surface area contributed by atoms with Gasteiger partial charge in [-0.25, -0.2) is 9.18 Å². The molecule has 0 bridgehead atoms. The molecule has 0 radical (unpaired) electrons. The van der Waals surface area contributed by atoms with Gasteiger partial charge < -0.3 is 10.1 Å². The molecule has 0 aromatic rings. The van der Waals surface area contributed by atoms with E-state index < -0.39 is 13.0 Å². The predicted molar refractivity (Wildman–Crippen MR) is 42.4 cm³/mol. The Morgan fingerprint density at radius 3 is 2.92 bits per heavy atom. The van der Waals surface area contributed by atoms with Gasteiger partial charge in [0.2, 0.25) is 6.86 Å². The van der Waals surface area contributed by atoms with E-state index in [1.165, 1.54) is 12.8 Å². The molecule has 1 amide bonds. The maximum absolute atomic E-state index is 11.5. The molecule has 0 aromatic heterocycles. The Bertz CT molecular complexity index is 159. The van der Waals surface area contributed by atoms with Crippen molar-refractivity contribution in [2.75, 3.05) is 6.86 Å². The maximum Gasteiger partial charge on any atom is 0.409 e. The van der Waals surface area contributed by atoms with Crippen LogP contribution < -0.4 is 5.32 Å². The molecule has 12 heavy (non-hydrogen) atoms. The average Bonchev–Trinajstić information content (AvgIpc) is 2.71. The van der Waals surface area contributed by atoms with E-state index in [0.717, 1.165) is 12.3 Å². The fourth-order valence-corrected chi connectivity index (χ4v) is 1.20. The lowest BCUT2D eigenvalue weighted by atomic mass is 10.2. The van der Waals surface area contributed by atoms with Gasteiger partial charge in [0.05, 0.1) is 0 Å². The van der Waals surface area contributed by atoms with Crippen molar-refractivity contribution in [2.45, 2.75) is 32.2 Å². The highest BCUT2D eigenvalue weighted by molar-refractivity contribution is 5.67. The molecule has 1 aliphatic rings. The van der Waals surface area contributed by atoms with Crippen molar-refractivity contribution in [3.63, 3.8) is 0 Å². The summed E-state index contributed by atoms with van der Waals surface area (Å²) < 4.78 is 15.6. The zero-order valence-electron chi connectivity index (χ0n) is 7.18. The summed E-state index contributed by atoms with van der Waals surface area (Å²) in [6, 6.07) is 0.0940. The molecule has 0 aromatic carbocycles. The summed E-state index contributed by atoms with van der Waals surface area (Å²) >= 11 is 0. The SMILES string of the molecule is CC(CC1CC1)NC(=O)OCF. The Kier molecular flexibility index (Phi) is 3.31. The van der Waals surface area contributed by atoms with E-state index in [2.05, 4.69) is 10.1 Å². The van der Waals surface area contributed by atoms with Crippen LogP contribution in [0.4, 0.5) is 9.18 Å². The predicted octanol–water partition coefficient (Wildman–Crippen LogP) is 1.83. The number of hydrogen-bond donors (Lipinski definition) is 1. The zero-order chi connectivity index (χ0) is 8.97. The largest absolute Gasteiger partial charge is 0.418 e. The minimum atomic E-state index is -1.05. The molecule has 1 N–H and O–H groups in total. The third-order valence-electron chi connectivity index (χ3n) is 1.93. The molecule has 1 rings (SSSR count). The van der Waals surface area contributed by atoms with Gasteiger partial charge in [-0.05, 0) is 19.3 Å². The van der Waals surface area contributed by atoms with Gasteiger partial charge in [0.1, 0.15) is 0 Å². The van der Waals surface area contributed by atoms with Gasteiger partial charge in [-0.15, -0.1) is 0 Å². The zero-order valence-corrected chi connectivity index (χ0v) is 7.18. The summed E-state index contributed by atoms with van der Waals surface area (Å²) in [5.74, 6) is 0.755. The minimum absolute atomic E-state index is 0.0940. The number of rotatable bonds is 4. The normalized spacial score (nSPS) is 18.5. The number of carbonyl (C=O) groups excluding carboxylic acids is 1. The molecule has 4 heteroatoms. The average molecular weight is 175 g/mol. The highest BCUT2D eigenvalue weighted by Crippen LogP contribution is 2.33. The summed E-state index contributed by atoms with van der Waals surface area (Å²) in [5.41, 5.74) is 0. The number of halogens is 1. The molecular formula is C8H14FNO2. The third kappa shape index (κ3) is 3.55. The molecule has 0 heterocycles. The first-order valence-electron chi connectivity index (χ1n) is 4.21. The van der Waals surface area contributed by atoms with Gasteiger partial charge in [0.15, 0.2) is 0 Å². The lowest BCUT2D eigenvalue weighted by Crippen LogP contribution is -2.33. The minimum Gasteiger partial charge on any atom is -0.418 e. The van der Waals surface area contributed by atoms with E-state index in [9.17, 15) is 9.18 Å². The van der Waals surface area contributed by atoms with Crippen LogP contribution >= 0.6 is 0 Å². The summed E-state index contributed by atoms with van der Waals surface area (Å²) in [6.45, 7) is 0.847. The lowest BCUT2D eigenvalue weighted by Gasteiger charge is -2.11. The summed E-state index contributed by atoms with van der Waals surface area (Å²) in [7, 11) is 0. The molecule has 1 unspecified atom stereocenters. The molecule has 1 atom stereocenters. The van der Waals surface area contributed by atoms with Crippen molar-refractivity contribution in [1.29, 1.82) is 0 Å². The molecule has 1 aliphatic carbocycles. The second-order valence-electron chi connectivity index (χ2n) is 3.27. The van der Waals surface area contributed by atoms with Gasteiger partial charge in [-0.3, -0.25) is 0 Å². The number of amides is 1. The lowest BCUT2D eigenvalue weighted by molar-refractivity contribution is 0.0955. The van der Waals surface area contributed by atoms with Crippen LogP contribution in [-0.2, 0) is 4.74 Å². The third-order valence-corrected chi connectivity index (χ3v) is 1.93. The van der Waals surface area contributed by atoms with E-state index in [1.54, 1.807) is 0 Å². The quantitative estimate of drug-likeness (QED) is 0.707. The van der Waals surface area contributed by atoms with Gasteiger partial charge in [-0.1, -0.05) is 12.8 Å². The van der Waals surface area contributed by atoms with Gasteiger partial charge in [0.25, 0.3) is 0 Å². The van der Waals surface area contributed by atoms with Crippen LogP contribution in [0.2, 0.25) is 0 Å². The first-order valence-corrected chi connectivity index (χ1v) is 4.21. The van der Waals surface area contributed by atoms with Crippen molar-refractivity contribution >= 4 is 6.09 Å². The first kappa shape index (κ1) is 9.29. The summed E-state index contributed by atoms with van der Waals surface area (Å²) in [6.07, 6.45) is 2.82. The Labute approximate surface area is 71.3 Å². The smallest absolute Gasteiger partial charge is 0.409 e. The second-order valence-corrected chi connectivity index (χ2v) is 3.27. The number of ether oxygens (including phenoxy) is 1. The van der Waals surface area contributed by atoms with E-state index in [4.69, 9.17) is 0 Å². The standard InChI is InChI=1S/C8H14FNO2/c1-6(4-7-2-3-7)10-8(11)12-5-9/h6-7H,2-5H2,1H3,(H,10,11). The van der Waals surface area contributed by atoms with E-state index in [1.807, 2.05) is 6.92 Å². The number of hydrogen-bond acceptors (Lipinski definition) is 2. The van der Waals surface area contributed by atoms with Crippen molar-refractivity contribution in [2.24, 2.45) is 5.92 Å². The fourth-order valence-electron chi connectivity index (χ4n) is 1.20. The summed E-state index contributed by atoms with van der Waals surface area (Å²) in [4.78, 5) is 10.7.